The first-order valence-corrected chi connectivity index (χ1v) is 9.01. The number of carbonyl (C=O) groups is 3. The first-order chi connectivity index (χ1) is 12.3. The lowest BCUT2D eigenvalue weighted by molar-refractivity contribution is -0.216. The molecule has 0 amide bonds. The van der Waals surface area contributed by atoms with Gasteiger partial charge in [0.05, 0.1) is 5.92 Å². The van der Waals surface area contributed by atoms with E-state index >= 15 is 0 Å². The van der Waals surface area contributed by atoms with Crippen LogP contribution in [0.5, 0.6) is 0 Å². The van der Waals surface area contributed by atoms with Crippen LogP contribution < -0.4 is 0 Å². The van der Waals surface area contributed by atoms with Gasteiger partial charge in [-0.15, -0.1) is 0 Å². The molecule has 9 nitrogen and oxygen atoms in total. The minimum atomic E-state index is -6.59. The lowest BCUT2D eigenvalue weighted by Gasteiger charge is -2.25. The molecule has 3 aliphatic rings. The Hall–Kier alpha value is -1.96. The Morgan fingerprint density at radius 2 is 1.85 bits per heavy atom. The Labute approximate surface area is 148 Å². The smallest absolute Gasteiger partial charge is 0.451 e. The van der Waals surface area contributed by atoms with Gasteiger partial charge in [-0.3, -0.25) is 9.35 Å². The fourth-order valence-electron chi connectivity index (χ4n) is 3.83. The number of ether oxygens (including phenoxy) is 3. The summed E-state index contributed by atoms with van der Waals surface area (Å²) in [5.74, 6) is -5.51. The molecular weight excluding hydrogens is 408 g/mol. The maximum Gasteiger partial charge on any atom is 0.451 e. The molecule has 2 saturated carbocycles. The molecule has 1 N–H and O–H groups in total. The predicted octanol–water partition coefficient (Wildman–Crippen LogP) is 0.139. The molecule has 0 aromatic heterocycles. The Balaban J connectivity index is 1.61. The van der Waals surface area contributed by atoms with Crippen molar-refractivity contribution < 1.29 is 59.1 Å². The van der Waals surface area contributed by atoms with Crippen molar-refractivity contribution in [1.29, 1.82) is 0 Å². The summed E-state index contributed by atoms with van der Waals surface area (Å²) >= 11 is 0. The normalized spacial score (nSPS) is 34.1. The Morgan fingerprint density at radius 3 is 2.41 bits per heavy atom. The molecule has 3 fully saturated rings. The van der Waals surface area contributed by atoms with Crippen LogP contribution in [0.15, 0.2) is 0 Å². The first kappa shape index (κ1) is 19.8. The van der Waals surface area contributed by atoms with Crippen LogP contribution >= 0.6 is 0 Å². The van der Waals surface area contributed by atoms with E-state index in [0.717, 1.165) is 0 Å². The van der Waals surface area contributed by atoms with Gasteiger partial charge in [-0.2, -0.15) is 21.6 Å². The second kappa shape index (κ2) is 6.02. The largest absolute Gasteiger partial charge is 0.458 e. The van der Waals surface area contributed by atoms with Crippen LogP contribution in [0, 0.1) is 17.8 Å². The molecule has 1 saturated heterocycles. The van der Waals surface area contributed by atoms with E-state index in [0.29, 0.717) is 12.8 Å². The number of halogens is 4. The number of alkyl halides is 4. The number of rotatable bonds is 5. The molecule has 3 rings (SSSR count). The van der Waals surface area contributed by atoms with Crippen LogP contribution in [0.2, 0.25) is 0 Å². The van der Waals surface area contributed by atoms with Crippen molar-refractivity contribution in [2.45, 2.75) is 36.2 Å². The topological polar surface area (TPSA) is 133 Å². The highest BCUT2D eigenvalue weighted by Gasteiger charge is 2.73. The van der Waals surface area contributed by atoms with E-state index in [9.17, 15) is 40.4 Å². The van der Waals surface area contributed by atoms with E-state index in [1.807, 2.05) is 0 Å². The van der Waals surface area contributed by atoms with Gasteiger partial charge >= 0.3 is 39.2 Å². The summed E-state index contributed by atoms with van der Waals surface area (Å²) in [6.45, 7) is -1.53. The molecule has 0 aromatic carbocycles. The van der Waals surface area contributed by atoms with Crippen molar-refractivity contribution >= 4 is 28.0 Å². The van der Waals surface area contributed by atoms with Crippen LogP contribution in [0.4, 0.5) is 17.6 Å². The predicted molar refractivity (Wildman–Crippen MR) is 71.9 cm³/mol. The zero-order valence-electron chi connectivity index (χ0n) is 13.1. The standard InChI is InChI=1S/C13H12F4O9S/c14-12(13(15,16)17,27(21,22)23)11(20)24-3-7(18)25-8-4-1-5-6(2-4)10(19)26-9(5)8/h4-6,8-9H,1-3H2,(H,21,22,23). The summed E-state index contributed by atoms with van der Waals surface area (Å²) in [6.07, 6.45) is -7.00. The zero-order chi connectivity index (χ0) is 20.4. The van der Waals surface area contributed by atoms with E-state index in [2.05, 4.69) is 4.74 Å². The van der Waals surface area contributed by atoms with Gasteiger partial charge in [-0.25, -0.2) is 14.0 Å². The van der Waals surface area contributed by atoms with Gasteiger partial charge in [0.25, 0.3) is 0 Å². The second-order valence-electron chi connectivity index (χ2n) is 6.50. The molecule has 2 aliphatic carbocycles. The van der Waals surface area contributed by atoms with Crippen molar-refractivity contribution in [2.24, 2.45) is 17.8 Å². The summed E-state index contributed by atoms with van der Waals surface area (Å²) in [5.41, 5.74) is 0. The van der Waals surface area contributed by atoms with Crippen LogP contribution in [0.1, 0.15) is 12.8 Å². The zero-order valence-corrected chi connectivity index (χ0v) is 14.0. The van der Waals surface area contributed by atoms with Gasteiger partial charge in [0, 0.05) is 11.8 Å². The third-order valence-electron chi connectivity index (χ3n) is 4.99. The molecule has 6 unspecified atom stereocenters. The highest BCUT2D eigenvalue weighted by atomic mass is 32.2. The monoisotopic (exact) mass is 420 g/mol. The van der Waals surface area contributed by atoms with Crippen molar-refractivity contribution in [2.75, 3.05) is 6.61 Å². The maximum atomic E-state index is 13.7. The third kappa shape index (κ3) is 2.94. The summed E-state index contributed by atoms with van der Waals surface area (Å²) in [6, 6.07) is 0. The number of esters is 3. The van der Waals surface area contributed by atoms with Gasteiger partial charge < -0.3 is 14.2 Å². The molecule has 0 radical (unpaired) electrons. The van der Waals surface area contributed by atoms with E-state index in [4.69, 9.17) is 14.0 Å². The molecule has 1 heterocycles. The van der Waals surface area contributed by atoms with Crippen LogP contribution in [0.3, 0.4) is 0 Å². The quantitative estimate of drug-likeness (QED) is 0.285. The minimum absolute atomic E-state index is 0.147. The molecule has 14 heteroatoms. The van der Waals surface area contributed by atoms with E-state index in [1.54, 1.807) is 0 Å². The molecule has 2 bridgehead atoms. The number of hydrogen-bond donors (Lipinski definition) is 1. The Bertz CT molecular complexity index is 794. The van der Waals surface area contributed by atoms with Crippen LogP contribution in [-0.4, -0.2) is 60.9 Å². The fourth-order valence-corrected chi connectivity index (χ4v) is 4.40. The van der Waals surface area contributed by atoms with Gasteiger partial charge in [0.15, 0.2) is 6.61 Å². The molecule has 0 aromatic rings. The van der Waals surface area contributed by atoms with Crippen molar-refractivity contribution in [3.05, 3.63) is 0 Å². The van der Waals surface area contributed by atoms with Crippen molar-refractivity contribution in [3.63, 3.8) is 0 Å². The van der Waals surface area contributed by atoms with Gasteiger partial charge in [0.2, 0.25) is 0 Å². The molecule has 27 heavy (non-hydrogen) atoms. The SMILES string of the molecule is O=C(COC(=O)C(F)(C(F)(F)F)S(=O)(=O)O)OC1C2CC3C(=O)OC1C3C2. The number of carbonyl (C=O) groups excluding carboxylic acids is 3. The van der Waals surface area contributed by atoms with Crippen molar-refractivity contribution in [1.82, 2.24) is 0 Å². The molecular formula is C13H12F4O9S. The van der Waals surface area contributed by atoms with Gasteiger partial charge in [-0.1, -0.05) is 0 Å². The number of fused-ring (bicyclic) bond motifs is 1. The molecule has 6 atom stereocenters. The maximum absolute atomic E-state index is 13.7. The van der Waals surface area contributed by atoms with Crippen LogP contribution in [0.25, 0.3) is 0 Å². The molecule has 0 spiro atoms. The van der Waals surface area contributed by atoms with Gasteiger partial charge in [-0.05, 0) is 12.8 Å². The molecule has 1 aliphatic heterocycles. The second-order valence-corrected chi connectivity index (χ2v) is 8.01. The highest BCUT2D eigenvalue weighted by Crippen LogP contribution is 2.55. The minimum Gasteiger partial charge on any atom is -0.458 e. The summed E-state index contributed by atoms with van der Waals surface area (Å²) in [5, 5.41) is -5.75. The van der Waals surface area contributed by atoms with E-state index < -0.39 is 58.0 Å². The third-order valence-corrected chi connectivity index (χ3v) is 6.09. The fraction of sp³-hybridized carbons (Fsp3) is 0.769. The summed E-state index contributed by atoms with van der Waals surface area (Å²) in [7, 11) is -6.59. The summed E-state index contributed by atoms with van der Waals surface area (Å²) in [4.78, 5) is 34.5. The van der Waals surface area contributed by atoms with E-state index in [1.165, 1.54) is 0 Å². The Kier molecular flexibility index (Phi) is 4.41. The summed E-state index contributed by atoms with van der Waals surface area (Å²) < 4.78 is 94.9. The van der Waals surface area contributed by atoms with Gasteiger partial charge in [0.1, 0.15) is 12.2 Å². The average Bonchev–Trinajstić information content (AvgIpc) is 3.14. The lowest BCUT2D eigenvalue weighted by atomic mass is 9.88. The Morgan fingerprint density at radius 1 is 1.22 bits per heavy atom. The van der Waals surface area contributed by atoms with Crippen molar-refractivity contribution in [3.8, 4) is 0 Å². The highest BCUT2D eigenvalue weighted by molar-refractivity contribution is 7.88. The first-order valence-electron chi connectivity index (χ1n) is 7.57. The van der Waals surface area contributed by atoms with E-state index in [-0.39, 0.29) is 17.8 Å². The molecule has 152 valence electrons. The average molecular weight is 420 g/mol. The lowest BCUT2D eigenvalue weighted by Crippen LogP contribution is -2.55. The van der Waals surface area contributed by atoms with Crippen LogP contribution in [-0.2, 0) is 38.7 Å². The number of hydrogen-bond acceptors (Lipinski definition) is 8.